The molecule has 4 bridgehead atoms. The van der Waals surface area contributed by atoms with Crippen LogP contribution in [0.25, 0.3) is 0 Å². The highest BCUT2D eigenvalue weighted by Gasteiger charge is 2.53. The summed E-state index contributed by atoms with van der Waals surface area (Å²) < 4.78 is 5.51. The fraction of sp³-hybridized carbons (Fsp3) is 0.875. The van der Waals surface area contributed by atoms with Crippen LogP contribution in [-0.2, 0) is 11.8 Å². The number of rotatable bonds is 4. The van der Waals surface area contributed by atoms with Gasteiger partial charge in [-0.3, -0.25) is 0 Å². The monoisotopic (exact) mass is 275 g/mol. The van der Waals surface area contributed by atoms with Crippen molar-refractivity contribution in [2.24, 2.45) is 29.4 Å². The van der Waals surface area contributed by atoms with Gasteiger partial charge in [0.05, 0.1) is 0 Å². The minimum absolute atomic E-state index is 0.252. The normalized spacial score (nSPS) is 40.2. The SMILES string of the molecule is CC(CN)Cc1nc(C23CC4CC(CC(C4)C2)C3)no1. The third-order valence-electron chi connectivity index (χ3n) is 5.91. The average Bonchev–Trinajstić information content (AvgIpc) is 2.86. The zero-order valence-electron chi connectivity index (χ0n) is 12.3. The predicted molar refractivity (Wildman–Crippen MR) is 76.1 cm³/mol. The van der Waals surface area contributed by atoms with Crippen molar-refractivity contribution in [2.75, 3.05) is 6.54 Å². The van der Waals surface area contributed by atoms with Crippen LogP contribution in [0, 0.1) is 23.7 Å². The Morgan fingerprint density at radius 3 is 2.35 bits per heavy atom. The molecule has 5 rings (SSSR count). The lowest BCUT2D eigenvalue weighted by Crippen LogP contribution is -2.49. The van der Waals surface area contributed by atoms with Crippen molar-refractivity contribution in [3.05, 3.63) is 11.7 Å². The standard InChI is InChI=1S/C16H25N3O/c1-10(9-17)2-14-18-15(19-20-14)16-6-11-3-12(7-16)5-13(4-11)8-16/h10-13H,2-9,17H2,1H3. The molecule has 0 aliphatic heterocycles. The van der Waals surface area contributed by atoms with Crippen LogP contribution < -0.4 is 5.73 Å². The van der Waals surface area contributed by atoms with Gasteiger partial charge >= 0.3 is 0 Å². The molecular weight excluding hydrogens is 250 g/mol. The van der Waals surface area contributed by atoms with Gasteiger partial charge in [-0.2, -0.15) is 4.98 Å². The summed E-state index contributed by atoms with van der Waals surface area (Å²) in [7, 11) is 0. The summed E-state index contributed by atoms with van der Waals surface area (Å²) in [6.07, 6.45) is 9.06. The lowest BCUT2D eigenvalue weighted by molar-refractivity contribution is -0.0103. The minimum Gasteiger partial charge on any atom is -0.339 e. The first-order valence-corrected chi connectivity index (χ1v) is 8.20. The lowest BCUT2D eigenvalue weighted by Gasteiger charge is -2.55. The molecule has 20 heavy (non-hydrogen) atoms. The Morgan fingerprint density at radius 2 is 1.80 bits per heavy atom. The van der Waals surface area contributed by atoms with Crippen molar-refractivity contribution in [2.45, 2.75) is 57.3 Å². The summed E-state index contributed by atoms with van der Waals surface area (Å²) in [5.74, 6) is 4.98. The first kappa shape index (κ1) is 12.8. The lowest BCUT2D eigenvalue weighted by atomic mass is 9.49. The van der Waals surface area contributed by atoms with Crippen LogP contribution in [-0.4, -0.2) is 16.7 Å². The Hall–Kier alpha value is -0.900. The van der Waals surface area contributed by atoms with Gasteiger partial charge in [-0.15, -0.1) is 0 Å². The van der Waals surface area contributed by atoms with Crippen LogP contribution in [0.4, 0.5) is 0 Å². The summed E-state index contributed by atoms with van der Waals surface area (Å²) in [6, 6.07) is 0. The Morgan fingerprint density at radius 1 is 1.20 bits per heavy atom. The van der Waals surface area contributed by atoms with Crippen molar-refractivity contribution < 1.29 is 4.52 Å². The van der Waals surface area contributed by atoms with E-state index in [4.69, 9.17) is 15.2 Å². The maximum atomic E-state index is 5.68. The molecule has 1 atom stereocenters. The molecular formula is C16H25N3O. The molecule has 4 aliphatic carbocycles. The van der Waals surface area contributed by atoms with Gasteiger partial charge < -0.3 is 10.3 Å². The highest BCUT2D eigenvalue weighted by atomic mass is 16.5. The largest absolute Gasteiger partial charge is 0.339 e. The van der Waals surface area contributed by atoms with Gasteiger partial charge in [0, 0.05) is 11.8 Å². The van der Waals surface area contributed by atoms with Crippen molar-refractivity contribution >= 4 is 0 Å². The van der Waals surface area contributed by atoms with Crippen molar-refractivity contribution in [3.63, 3.8) is 0 Å². The van der Waals surface area contributed by atoms with E-state index in [0.717, 1.165) is 35.9 Å². The minimum atomic E-state index is 0.252. The molecule has 1 heterocycles. The van der Waals surface area contributed by atoms with E-state index in [0.29, 0.717) is 12.5 Å². The number of nitrogens with zero attached hydrogens (tertiary/aromatic N) is 2. The van der Waals surface area contributed by atoms with E-state index < -0.39 is 0 Å². The van der Waals surface area contributed by atoms with Gasteiger partial charge in [-0.25, -0.2) is 0 Å². The summed E-state index contributed by atoms with van der Waals surface area (Å²) in [4.78, 5) is 4.75. The van der Waals surface area contributed by atoms with E-state index >= 15 is 0 Å². The topological polar surface area (TPSA) is 64.9 Å². The van der Waals surface area contributed by atoms with Gasteiger partial charge in [-0.1, -0.05) is 12.1 Å². The Kier molecular flexibility index (Phi) is 2.92. The summed E-state index contributed by atoms with van der Waals surface area (Å²) in [5, 5.41) is 4.37. The number of hydrogen-bond donors (Lipinski definition) is 1. The molecule has 1 aromatic heterocycles. The third kappa shape index (κ3) is 2.00. The number of nitrogens with two attached hydrogens (primary N) is 1. The van der Waals surface area contributed by atoms with E-state index in [1.807, 2.05) is 0 Å². The van der Waals surface area contributed by atoms with E-state index in [1.165, 1.54) is 38.5 Å². The smallest absolute Gasteiger partial charge is 0.226 e. The highest BCUT2D eigenvalue weighted by Crippen LogP contribution is 2.60. The summed E-state index contributed by atoms with van der Waals surface area (Å²) >= 11 is 0. The van der Waals surface area contributed by atoms with Crippen LogP contribution >= 0.6 is 0 Å². The van der Waals surface area contributed by atoms with E-state index in [9.17, 15) is 0 Å². The molecule has 2 N–H and O–H groups in total. The Labute approximate surface area is 120 Å². The van der Waals surface area contributed by atoms with E-state index in [-0.39, 0.29) is 5.41 Å². The predicted octanol–water partition coefficient (Wildman–Crippen LogP) is 2.67. The Balaban J connectivity index is 1.58. The molecule has 4 aliphatic rings. The van der Waals surface area contributed by atoms with Crippen molar-refractivity contribution in [3.8, 4) is 0 Å². The highest BCUT2D eigenvalue weighted by molar-refractivity contribution is 5.16. The maximum absolute atomic E-state index is 5.68. The first-order chi connectivity index (χ1) is 9.67. The van der Waals surface area contributed by atoms with E-state index in [2.05, 4.69) is 12.1 Å². The zero-order chi connectivity index (χ0) is 13.7. The Bertz CT molecular complexity index is 460. The van der Waals surface area contributed by atoms with Gasteiger partial charge in [0.2, 0.25) is 5.89 Å². The second-order valence-electron chi connectivity index (χ2n) is 7.75. The van der Waals surface area contributed by atoms with Gasteiger partial charge in [0.25, 0.3) is 0 Å². The fourth-order valence-corrected chi connectivity index (χ4v) is 5.32. The number of aromatic nitrogens is 2. The van der Waals surface area contributed by atoms with Crippen LogP contribution in [0.2, 0.25) is 0 Å². The van der Waals surface area contributed by atoms with Gasteiger partial charge in [0.15, 0.2) is 5.82 Å². The molecule has 0 saturated heterocycles. The molecule has 1 unspecified atom stereocenters. The second-order valence-corrected chi connectivity index (χ2v) is 7.75. The first-order valence-electron chi connectivity index (χ1n) is 8.20. The second kappa shape index (κ2) is 4.55. The molecule has 110 valence electrons. The molecule has 4 heteroatoms. The molecule has 0 spiro atoms. The maximum Gasteiger partial charge on any atom is 0.226 e. The molecule has 4 nitrogen and oxygen atoms in total. The molecule has 0 aromatic carbocycles. The van der Waals surface area contributed by atoms with Crippen LogP contribution in [0.3, 0.4) is 0 Å². The van der Waals surface area contributed by atoms with Gasteiger partial charge in [-0.05, 0) is 68.7 Å². The van der Waals surface area contributed by atoms with Crippen LogP contribution in [0.15, 0.2) is 4.52 Å². The molecule has 4 saturated carbocycles. The van der Waals surface area contributed by atoms with E-state index in [1.54, 1.807) is 0 Å². The molecule has 0 radical (unpaired) electrons. The fourth-order valence-electron chi connectivity index (χ4n) is 5.32. The summed E-state index contributed by atoms with van der Waals surface area (Å²) in [5.41, 5.74) is 5.94. The molecule has 4 fully saturated rings. The quantitative estimate of drug-likeness (QED) is 0.917. The molecule has 1 aromatic rings. The van der Waals surface area contributed by atoms with Crippen LogP contribution in [0.5, 0.6) is 0 Å². The molecule has 0 amide bonds. The number of hydrogen-bond acceptors (Lipinski definition) is 4. The summed E-state index contributed by atoms with van der Waals surface area (Å²) in [6.45, 7) is 2.81. The van der Waals surface area contributed by atoms with Crippen molar-refractivity contribution in [1.29, 1.82) is 0 Å². The zero-order valence-corrected chi connectivity index (χ0v) is 12.3. The average molecular weight is 275 g/mol. The third-order valence-corrected chi connectivity index (χ3v) is 5.91. The van der Waals surface area contributed by atoms with Crippen LogP contribution in [0.1, 0.15) is 57.2 Å². The van der Waals surface area contributed by atoms with Gasteiger partial charge in [0.1, 0.15) is 0 Å². The van der Waals surface area contributed by atoms with Crippen molar-refractivity contribution in [1.82, 2.24) is 10.1 Å².